The van der Waals surface area contributed by atoms with Crippen LogP contribution >= 0.6 is 0 Å². The molecule has 0 saturated heterocycles. The Kier molecular flexibility index (Phi) is 44.7. The number of carbonyl (C=O) groups is 8. The highest BCUT2D eigenvalue weighted by Crippen LogP contribution is 2.60. The number of fused-ring (bicyclic) bond motifs is 5. The molecule has 0 amide bonds. The van der Waals surface area contributed by atoms with Crippen LogP contribution in [0.3, 0.4) is 0 Å². The van der Waals surface area contributed by atoms with Crippen molar-refractivity contribution in [3.05, 3.63) is 60.2 Å². The predicted molar refractivity (Wildman–Crippen MR) is 489 cm³/mol. The van der Waals surface area contributed by atoms with E-state index in [1.165, 1.54) is 82.6 Å². The molecule has 12 atom stereocenters. The zero-order valence-electron chi connectivity index (χ0n) is 81.7. The summed E-state index contributed by atoms with van der Waals surface area (Å²) in [5.74, 6) is 2.35. The van der Waals surface area contributed by atoms with Crippen LogP contribution in [-0.4, -0.2) is 185 Å². The topological polar surface area (TPSA) is 246 Å². The highest BCUT2D eigenvalue weighted by atomic mass is 16.6. The number of pyridine rings is 2. The smallest absolute Gasteiger partial charge is 0.312 e. The Morgan fingerprint density at radius 1 is 0.358 bits per heavy atom. The largest absolute Gasteiger partial charge is 0.464 e. The molecule has 21 heteroatoms. The lowest BCUT2D eigenvalue weighted by molar-refractivity contribution is -0.171. The van der Waals surface area contributed by atoms with Gasteiger partial charge in [0, 0.05) is 43.9 Å². The minimum absolute atomic E-state index is 0.0113. The number of ether oxygens (including phenoxy) is 8. The van der Waals surface area contributed by atoms with E-state index < -0.39 is 43.3 Å². The average molecular weight is 1730 g/mol. The summed E-state index contributed by atoms with van der Waals surface area (Å²) in [5.41, 5.74) is -2.70. The highest BCUT2D eigenvalue weighted by Gasteiger charge is 2.57. The van der Waals surface area contributed by atoms with Gasteiger partial charge in [0.1, 0.15) is 50.3 Å². The number of carbonyl (C=O) groups excluding carboxylic acids is 8. The molecule has 12 unspecified atom stereocenters. The molecule has 0 aromatic carbocycles. The van der Waals surface area contributed by atoms with E-state index in [1.807, 2.05) is 196 Å². The summed E-state index contributed by atoms with van der Waals surface area (Å²) < 4.78 is 45.7. The zero-order chi connectivity index (χ0) is 91.6. The van der Waals surface area contributed by atoms with Gasteiger partial charge in [-0.1, -0.05) is 86.6 Å². The average Bonchev–Trinajstić information content (AvgIpc) is 1.59. The Morgan fingerprint density at radius 3 is 0.992 bits per heavy atom. The normalized spacial score (nSPS) is 22.5. The van der Waals surface area contributed by atoms with Crippen molar-refractivity contribution >= 4 is 47.8 Å². The van der Waals surface area contributed by atoms with E-state index >= 15 is 0 Å². The summed E-state index contributed by atoms with van der Waals surface area (Å²) in [7, 11) is 11.7. The summed E-state index contributed by atoms with van der Waals surface area (Å²) in [5, 5.41) is 0. The first kappa shape index (κ1) is 107. The van der Waals surface area contributed by atoms with Gasteiger partial charge in [-0.25, -0.2) is 0 Å². The van der Waals surface area contributed by atoms with E-state index in [1.54, 1.807) is 0 Å². The molecule has 0 radical (unpaired) electrons. The van der Waals surface area contributed by atoms with Crippen LogP contribution in [-0.2, 0) is 76.3 Å². The molecular formula is C102H173N5O16. The molecule has 702 valence electrons. The summed E-state index contributed by atoms with van der Waals surface area (Å²) in [6.07, 6.45) is 41.0. The van der Waals surface area contributed by atoms with Crippen molar-refractivity contribution in [1.82, 2.24) is 24.7 Å². The van der Waals surface area contributed by atoms with Crippen LogP contribution in [0.2, 0.25) is 0 Å². The van der Waals surface area contributed by atoms with Crippen molar-refractivity contribution in [3.63, 3.8) is 0 Å². The van der Waals surface area contributed by atoms with Crippen molar-refractivity contribution in [1.29, 1.82) is 0 Å². The van der Waals surface area contributed by atoms with Gasteiger partial charge < -0.3 is 52.6 Å². The van der Waals surface area contributed by atoms with Gasteiger partial charge in [-0.2, -0.15) is 0 Å². The van der Waals surface area contributed by atoms with Crippen molar-refractivity contribution in [2.75, 3.05) is 81.7 Å². The SMILES string of the molecule is CCC(C)(CC(C)(C)C(=O)OCCN(C)C)C(=O)OC1CC2CC1C1CCCC21.CCC(C)(CC(C)(C)C(=O)OCCN(C)C)C(=O)OC1CCCCC1.CCC(C)(CC(C)(C)C(=O)OCCN(C)C)C(=O)OC1CCCCC1.CCC(C)(CC(C)c1ccccn1)C(=O)OC1CCCCC1.CCC(C)(CC(C)c1ccncc1)C(=O)OC1CCCCC1. The number of likely N-dealkylation sites (N-methyl/N-ethyl adjacent to an activating group) is 3. The Morgan fingerprint density at radius 2 is 0.675 bits per heavy atom. The van der Waals surface area contributed by atoms with E-state index in [2.05, 4.69) is 44.6 Å². The molecule has 0 N–H and O–H groups in total. The van der Waals surface area contributed by atoms with Gasteiger partial charge in [0.15, 0.2) is 0 Å². The van der Waals surface area contributed by atoms with Gasteiger partial charge in [0.2, 0.25) is 0 Å². The Bertz CT molecular complexity index is 3300. The quantitative estimate of drug-likeness (QED) is 0.0446. The molecule has 9 rings (SSSR count). The molecule has 0 aliphatic heterocycles. The van der Waals surface area contributed by atoms with Gasteiger partial charge in [-0.05, 0) is 376 Å². The maximum atomic E-state index is 13.2. The first-order valence-corrected chi connectivity index (χ1v) is 48.2. The number of aromatic nitrogens is 2. The number of nitrogens with zero attached hydrogens (tertiary/aromatic N) is 5. The van der Waals surface area contributed by atoms with Crippen molar-refractivity contribution in [2.24, 2.45) is 67.0 Å². The van der Waals surface area contributed by atoms with Crippen LogP contribution in [0.5, 0.6) is 0 Å². The van der Waals surface area contributed by atoms with Crippen LogP contribution in [0.1, 0.15) is 372 Å². The monoisotopic (exact) mass is 1720 g/mol. The molecule has 21 nitrogen and oxygen atoms in total. The molecule has 7 aliphatic carbocycles. The Labute approximate surface area is 745 Å². The van der Waals surface area contributed by atoms with E-state index in [0.29, 0.717) is 89.8 Å². The second kappa shape index (κ2) is 51.2. The highest BCUT2D eigenvalue weighted by molar-refractivity contribution is 5.83. The van der Waals surface area contributed by atoms with Crippen LogP contribution < -0.4 is 0 Å². The molecule has 123 heavy (non-hydrogen) atoms. The van der Waals surface area contributed by atoms with Crippen LogP contribution in [0, 0.1) is 67.0 Å². The molecule has 7 fully saturated rings. The van der Waals surface area contributed by atoms with Crippen molar-refractivity contribution in [2.45, 2.75) is 392 Å². The van der Waals surface area contributed by atoms with Gasteiger partial charge in [0.05, 0.1) is 43.3 Å². The fraction of sp³-hybridized carbons (Fsp3) is 0.824. The molecule has 2 heterocycles. The second-order valence-electron chi connectivity index (χ2n) is 42.1. The molecule has 2 aromatic heterocycles. The predicted octanol–water partition coefficient (Wildman–Crippen LogP) is 21.6. The van der Waals surface area contributed by atoms with Gasteiger partial charge >= 0.3 is 47.8 Å². The summed E-state index contributed by atoms with van der Waals surface area (Å²) in [6, 6.07) is 10.0. The third-order valence-electron chi connectivity index (χ3n) is 28.7. The second-order valence-corrected chi connectivity index (χ2v) is 42.1. The molecule has 7 saturated carbocycles. The molecule has 2 bridgehead atoms. The Hall–Kier alpha value is -6.06. The first-order chi connectivity index (χ1) is 57.9. The van der Waals surface area contributed by atoms with Gasteiger partial charge in [0.25, 0.3) is 0 Å². The minimum Gasteiger partial charge on any atom is -0.464 e. The lowest BCUT2D eigenvalue weighted by Crippen LogP contribution is -2.42. The number of hydrogen-bond donors (Lipinski definition) is 0. The van der Waals surface area contributed by atoms with E-state index in [4.69, 9.17) is 37.9 Å². The fourth-order valence-electron chi connectivity index (χ4n) is 19.7. The molecular weight excluding hydrogens is 1550 g/mol. The first-order valence-electron chi connectivity index (χ1n) is 48.2. The lowest BCUT2D eigenvalue weighted by Gasteiger charge is -2.37. The van der Waals surface area contributed by atoms with E-state index in [0.717, 1.165) is 133 Å². The lowest BCUT2D eigenvalue weighted by atomic mass is 9.72. The third-order valence-corrected chi connectivity index (χ3v) is 28.7. The maximum Gasteiger partial charge on any atom is 0.312 e. The number of esters is 8. The molecule has 7 aliphatic rings. The Balaban J connectivity index is 0.000000274. The van der Waals surface area contributed by atoms with Crippen LogP contribution in [0.25, 0.3) is 0 Å². The third kappa shape index (κ3) is 34.5. The maximum absolute atomic E-state index is 13.2. The minimum atomic E-state index is -0.721. The summed E-state index contributed by atoms with van der Waals surface area (Å²) in [6.45, 7) is 38.7. The summed E-state index contributed by atoms with van der Waals surface area (Å²) in [4.78, 5) is 116. The van der Waals surface area contributed by atoms with Crippen molar-refractivity contribution < 1.29 is 76.3 Å². The number of hydrogen-bond acceptors (Lipinski definition) is 21. The molecule has 0 spiro atoms. The standard InChI is InChI=1S/C24H41NO4.2C20H37NO4.2C19H29NO2/c1-7-24(4,15-23(2,3)21(26)28-12-11-25(5)6)22(27)29-20-14-16-13-19(20)18-10-8-9-17(16)18;2*1-7-20(4,18(23)25-16-11-9-8-10-12-16)15-19(2,3)17(22)24-14-13-21(5)6;1-4-19(3,14-15(2)17-12-8-9-13-20-17)18(21)22-16-10-6-5-7-11-16;1-4-19(3,14-15(2)16-10-12-20-13-11-16)18(21)22-17-8-6-5-7-9-17/h16-20H,7-15H2,1-6H3;2*16H,7-15H2,1-6H3;8-9,12-13,15-16H,4-7,10-11,14H2,1-3H3;10-13,15,17H,4-9,14H2,1-3H3. The van der Waals surface area contributed by atoms with Crippen LogP contribution in [0.15, 0.2) is 48.9 Å². The van der Waals surface area contributed by atoms with Crippen LogP contribution in [0.4, 0.5) is 0 Å². The van der Waals surface area contributed by atoms with Gasteiger partial charge in [-0.15, -0.1) is 0 Å². The van der Waals surface area contributed by atoms with Crippen molar-refractivity contribution in [3.8, 4) is 0 Å². The fourth-order valence-corrected chi connectivity index (χ4v) is 19.7. The zero-order valence-corrected chi connectivity index (χ0v) is 81.7. The molecule has 2 aromatic rings. The summed E-state index contributed by atoms with van der Waals surface area (Å²) >= 11 is 0. The number of rotatable bonds is 39. The van der Waals surface area contributed by atoms with E-state index in [-0.39, 0.29) is 84.2 Å². The van der Waals surface area contributed by atoms with Gasteiger partial charge in [-0.3, -0.25) is 48.3 Å². The van der Waals surface area contributed by atoms with E-state index in [9.17, 15) is 38.4 Å².